The number of isocyanates is 2. The summed E-state index contributed by atoms with van der Waals surface area (Å²) in [5, 5.41) is 0. The number of hydrogen-bond donors (Lipinski definition) is 0. The van der Waals surface area contributed by atoms with E-state index in [1.54, 1.807) is 12.2 Å². The Morgan fingerprint density at radius 3 is 1.71 bits per heavy atom. The first kappa shape index (κ1) is 38.5. The van der Waals surface area contributed by atoms with Crippen LogP contribution in [-0.2, 0) is 9.59 Å². The molecule has 0 aromatic heterocycles. The van der Waals surface area contributed by atoms with E-state index >= 15 is 0 Å². The first-order chi connectivity index (χ1) is 20.7. The summed E-state index contributed by atoms with van der Waals surface area (Å²) in [6.07, 6.45) is 37.7. The number of hydrogen-bond acceptors (Lipinski definition) is 4. The monoisotopic (exact) mass is 585 g/mol. The van der Waals surface area contributed by atoms with Gasteiger partial charge in [-0.1, -0.05) is 141 Å². The molecule has 1 aliphatic carbocycles. The first-order valence-electron chi connectivity index (χ1n) is 18.5. The van der Waals surface area contributed by atoms with Gasteiger partial charge in [0.25, 0.3) is 0 Å². The molecule has 0 aliphatic heterocycles. The van der Waals surface area contributed by atoms with E-state index in [2.05, 4.69) is 30.8 Å². The molecule has 0 saturated carbocycles. The highest BCUT2D eigenvalue weighted by Gasteiger charge is 2.32. The standard InChI is InChI=1S/C38H68N2O2/c1-4-6-8-9-14-19-25-35-28-29-36(34(3)24-7-5-2)38(27-21-16-11-13-18-23-31-40-33-42)37(35)26-20-15-10-12-17-22-30-39-32-41/h34-35,37H,4-31H2,1-3H3. The number of carbonyl (C=O) groups excluding carboxylic acids is 2. The van der Waals surface area contributed by atoms with E-state index in [4.69, 9.17) is 0 Å². The van der Waals surface area contributed by atoms with Crippen LogP contribution in [-0.4, -0.2) is 25.2 Å². The number of allylic oxidation sites excluding steroid dienone is 2. The molecule has 0 spiro atoms. The molecule has 3 unspecified atom stereocenters. The number of unbranched alkanes of at least 4 members (excludes halogenated alkanes) is 16. The molecule has 3 atom stereocenters. The molecule has 0 bridgehead atoms. The van der Waals surface area contributed by atoms with Gasteiger partial charge in [0.1, 0.15) is 0 Å². The van der Waals surface area contributed by atoms with Crippen molar-refractivity contribution < 1.29 is 9.59 Å². The van der Waals surface area contributed by atoms with Crippen LogP contribution in [0.2, 0.25) is 0 Å². The van der Waals surface area contributed by atoms with Crippen molar-refractivity contribution >= 4 is 12.2 Å². The van der Waals surface area contributed by atoms with Gasteiger partial charge >= 0.3 is 0 Å². The number of aliphatic imine (C=N–C) groups is 2. The van der Waals surface area contributed by atoms with Crippen molar-refractivity contribution in [1.29, 1.82) is 0 Å². The van der Waals surface area contributed by atoms with Crippen molar-refractivity contribution in [1.82, 2.24) is 0 Å². The van der Waals surface area contributed by atoms with E-state index in [1.165, 1.54) is 154 Å². The zero-order valence-corrected chi connectivity index (χ0v) is 28.2. The number of nitrogens with zero attached hydrogens (tertiary/aromatic N) is 2. The maximum atomic E-state index is 10.3. The maximum Gasteiger partial charge on any atom is 0.234 e. The molecule has 42 heavy (non-hydrogen) atoms. The highest BCUT2D eigenvalue weighted by molar-refractivity contribution is 5.32. The average Bonchev–Trinajstić information content (AvgIpc) is 3.00. The van der Waals surface area contributed by atoms with Crippen LogP contribution in [0.25, 0.3) is 0 Å². The molecule has 1 rings (SSSR count). The Kier molecular flexibility index (Phi) is 25.9. The van der Waals surface area contributed by atoms with Crippen molar-refractivity contribution in [2.45, 2.75) is 188 Å². The molecule has 4 heteroatoms. The molecule has 0 fully saturated rings. The topological polar surface area (TPSA) is 58.9 Å². The summed E-state index contributed by atoms with van der Waals surface area (Å²) in [6, 6.07) is 0. The van der Waals surface area contributed by atoms with Crippen LogP contribution >= 0.6 is 0 Å². The first-order valence-corrected chi connectivity index (χ1v) is 18.5. The molecule has 0 saturated heterocycles. The van der Waals surface area contributed by atoms with Gasteiger partial charge in [-0.05, 0) is 75.5 Å². The fourth-order valence-corrected chi connectivity index (χ4v) is 7.33. The van der Waals surface area contributed by atoms with Gasteiger partial charge < -0.3 is 0 Å². The quantitative estimate of drug-likeness (QED) is 0.0380. The van der Waals surface area contributed by atoms with E-state index < -0.39 is 0 Å². The minimum absolute atomic E-state index is 0.645. The van der Waals surface area contributed by atoms with Gasteiger partial charge in [0.15, 0.2) is 0 Å². The van der Waals surface area contributed by atoms with E-state index in [-0.39, 0.29) is 0 Å². The maximum absolute atomic E-state index is 10.3. The van der Waals surface area contributed by atoms with Crippen LogP contribution in [0.15, 0.2) is 21.1 Å². The highest BCUT2D eigenvalue weighted by Crippen LogP contribution is 2.45. The molecule has 0 radical (unpaired) electrons. The van der Waals surface area contributed by atoms with E-state index in [0.29, 0.717) is 13.1 Å². The van der Waals surface area contributed by atoms with Crippen molar-refractivity contribution in [2.75, 3.05) is 13.1 Å². The summed E-state index contributed by atoms with van der Waals surface area (Å²) in [6.45, 7) is 8.47. The number of rotatable bonds is 29. The smallest absolute Gasteiger partial charge is 0.211 e. The van der Waals surface area contributed by atoms with Crippen LogP contribution in [0.1, 0.15) is 188 Å². The molecule has 0 aromatic carbocycles. The van der Waals surface area contributed by atoms with Crippen LogP contribution in [0.3, 0.4) is 0 Å². The van der Waals surface area contributed by atoms with Gasteiger partial charge in [-0.3, -0.25) is 0 Å². The van der Waals surface area contributed by atoms with Crippen molar-refractivity contribution in [2.24, 2.45) is 27.7 Å². The molecule has 4 nitrogen and oxygen atoms in total. The summed E-state index contributed by atoms with van der Waals surface area (Å²) in [5.41, 5.74) is 3.78. The van der Waals surface area contributed by atoms with Crippen molar-refractivity contribution in [3.63, 3.8) is 0 Å². The van der Waals surface area contributed by atoms with Gasteiger partial charge in [-0.25, -0.2) is 19.6 Å². The molecule has 0 heterocycles. The second kappa shape index (κ2) is 28.3. The summed E-state index contributed by atoms with van der Waals surface area (Å²) >= 11 is 0. The fourth-order valence-electron chi connectivity index (χ4n) is 7.33. The van der Waals surface area contributed by atoms with Crippen LogP contribution in [0.5, 0.6) is 0 Å². The van der Waals surface area contributed by atoms with Crippen LogP contribution < -0.4 is 0 Å². The summed E-state index contributed by atoms with van der Waals surface area (Å²) in [5.74, 6) is 2.47. The minimum Gasteiger partial charge on any atom is -0.211 e. The van der Waals surface area contributed by atoms with Crippen LogP contribution in [0.4, 0.5) is 0 Å². The summed E-state index contributed by atoms with van der Waals surface area (Å²) in [4.78, 5) is 27.9. The minimum atomic E-state index is 0.645. The van der Waals surface area contributed by atoms with Gasteiger partial charge in [0.05, 0.1) is 13.1 Å². The highest BCUT2D eigenvalue weighted by atomic mass is 16.1. The fraction of sp³-hybridized carbons (Fsp3) is 0.895. The van der Waals surface area contributed by atoms with Gasteiger partial charge in [0, 0.05) is 0 Å². The molecule has 0 N–H and O–H groups in total. The molecular weight excluding hydrogens is 516 g/mol. The summed E-state index contributed by atoms with van der Waals surface area (Å²) in [7, 11) is 0. The van der Waals surface area contributed by atoms with Gasteiger partial charge in [-0.15, -0.1) is 0 Å². The Morgan fingerprint density at radius 2 is 1.14 bits per heavy atom. The Bertz CT molecular complexity index is 763. The zero-order chi connectivity index (χ0) is 30.5. The lowest BCUT2D eigenvalue weighted by molar-refractivity contribution is 0.264. The third-order valence-electron chi connectivity index (χ3n) is 9.86. The predicted molar refractivity (Wildman–Crippen MR) is 181 cm³/mol. The van der Waals surface area contributed by atoms with Crippen LogP contribution in [0, 0.1) is 17.8 Å². The van der Waals surface area contributed by atoms with Gasteiger partial charge in [0.2, 0.25) is 12.2 Å². The molecule has 0 aromatic rings. The Balaban J connectivity index is 2.81. The van der Waals surface area contributed by atoms with E-state index in [0.717, 1.165) is 30.6 Å². The largest absolute Gasteiger partial charge is 0.234 e. The lowest BCUT2D eigenvalue weighted by atomic mass is 9.67. The average molecular weight is 585 g/mol. The predicted octanol–water partition coefficient (Wildman–Crippen LogP) is 12.0. The Hall–Kier alpha value is -1.50. The molecule has 0 amide bonds. The third-order valence-corrected chi connectivity index (χ3v) is 9.86. The zero-order valence-electron chi connectivity index (χ0n) is 28.2. The van der Waals surface area contributed by atoms with Gasteiger partial charge in [-0.2, -0.15) is 0 Å². The normalized spacial score (nSPS) is 17.6. The second-order valence-electron chi connectivity index (χ2n) is 13.3. The lowest BCUT2D eigenvalue weighted by Crippen LogP contribution is -2.25. The molecule has 242 valence electrons. The van der Waals surface area contributed by atoms with E-state index in [9.17, 15) is 9.59 Å². The third kappa shape index (κ3) is 18.9. The Morgan fingerprint density at radius 1 is 0.643 bits per heavy atom. The molecule has 1 aliphatic rings. The lowest BCUT2D eigenvalue weighted by Gasteiger charge is -2.38. The van der Waals surface area contributed by atoms with Crippen molar-refractivity contribution in [3.05, 3.63) is 11.1 Å². The van der Waals surface area contributed by atoms with E-state index in [1.807, 2.05) is 11.1 Å². The molecular formula is C38H68N2O2. The SMILES string of the molecule is CCCCCCCCC1CCC(C(C)CCCC)=C(CCCCCCCCN=C=O)C1CCCCCCCCN=C=O. The van der Waals surface area contributed by atoms with Crippen molar-refractivity contribution in [3.8, 4) is 0 Å². The Labute approximate surface area is 261 Å². The summed E-state index contributed by atoms with van der Waals surface area (Å²) < 4.78 is 0. The second-order valence-corrected chi connectivity index (χ2v) is 13.3.